The van der Waals surface area contributed by atoms with Crippen molar-refractivity contribution in [2.24, 2.45) is 0 Å². The fraction of sp³-hybridized carbons (Fsp3) is 0.269. The maximum Gasteiger partial charge on any atom is 0.251 e. The highest BCUT2D eigenvalue weighted by Gasteiger charge is 2.13. The molecule has 6 nitrogen and oxygen atoms in total. The zero-order chi connectivity index (χ0) is 23.9. The molecule has 0 unspecified atom stereocenters. The van der Waals surface area contributed by atoms with Crippen LogP contribution in [0.15, 0.2) is 54.2 Å². The number of hydrogen-bond donors (Lipinski definition) is 3. The van der Waals surface area contributed by atoms with Crippen LogP contribution in [0.3, 0.4) is 0 Å². The van der Waals surface area contributed by atoms with Crippen molar-refractivity contribution in [2.45, 2.75) is 26.2 Å². The van der Waals surface area contributed by atoms with Gasteiger partial charge in [0, 0.05) is 30.3 Å². The first-order valence-corrected chi connectivity index (χ1v) is 12.2. The number of amides is 1. The Morgan fingerprint density at radius 1 is 1.09 bits per heavy atom. The van der Waals surface area contributed by atoms with E-state index in [0.29, 0.717) is 29.0 Å². The molecule has 8 heteroatoms. The summed E-state index contributed by atoms with van der Waals surface area (Å²) in [6.07, 6.45) is 3.84. The Labute approximate surface area is 201 Å². The normalized spacial score (nSPS) is 11.0. The number of halogens is 1. The van der Waals surface area contributed by atoms with Gasteiger partial charge in [0.05, 0.1) is 17.0 Å². The Morgan fingerprint density at radius 3 is 2.79 bits per heavy atom. The number of nitrogens with zero attached hydrogens (tertiary/aromatic N) is 2. The predicted molar refractivity (Wildman–Crippen MR) is 135 cm³/mol. The van der Waals surface area contributed by atoms with Crippen molar-refractivity contribution in [3.05, 3.63) is 76.7 Å². The summed E-state index contributed by atoms with van der Waals surface area (Å²) >= 11 is 1.41. The first kappa shape index (κ1) is 23.8. The molecule has 0 saturated carbocycles. The van der Waals surface area contributed by atoms with Gasteiger partial charge in [-0.3, -0.25) is 4.79 Å². The van der Waals surface area contributed by atoms with Crippen molar-refractivity contribution in [1.82, 2.24) is 15.3 Å². The third-order valence-electron chi connectivity index (χ3n) is 5.51. The number of aromatic nitrogens is 2. The summed E-state index contributed by atoms with van der Waals surface area (Å²) in [7, 11) is 0. The summed E-state index contributed by atoms with van der Waals surface area (Å²) in [5.41, 5.74) is 4.14. The summed E-state index contributed by atoms with van der Waals surface area (Å²) in [6, 6.07) is 13.1. The lowest BCUT2D eigenvalue weighted by molar-refractivity contribution is 0.0944. The number of thiophene rings is 1. The number of nitrogens with one attached hydrogen (secondary N) is 2. The molecular weight excluding hydrogens is 451 g/mol. The lowest BCUT2D eigenvalue weighted by atomic mass is 9.98. The molecule has 2 aromatic carbocycles. The van der Waals surface area contributed by atoms with Gasteiger partial charge in [-0.15, -0.1) is 11.3 Å². The molecule has 34 heavy (non-hydrogen) atoms. The summed E-state index contributed by atoms with van der Waals surface area (Å²) in [4.78, 5) is 21.2. The van der Waals surface area contributed by atoms with Crippen LogP contribution in [0.1, 0.15) is 34.8 Å². The molecule has 0 aliphatic carbocycles. The molecule has 0 radical (unpaired) electrons. The smallest absolute Gasteiger partial charge is 0.251 e. The second-order valence-electron chi connectivity index (χ2n) is 7.98. The topological polar surface area (TPSA) is 87.1 Å². The molecule has 0 bridgehead atoms. The van der Waals surface area contributed by atoms with E-state index in [1.54, 1.807) is 12.1 Å². The van der Waals surface area contributed by atoms with Gasteiger partial charge >= 0.3 is 0 Å². The number of aliphatic hydroxyl groups excluding tert-OH is 1. The Kier molecular flexibility index (Phi) is 7.82. The monoisotopic (exact) mass is 478 g/mol. The van der Waals surface area contributed by atoms with E-state index in [1.807, 2.05) is 35.7 Å². The van der Waals surface area contributed by atoms with Crippen molar-refractivity contribution in [1.29, 1.82) is 0 Å². The third kappa shape index (κ3) is 5.58. The second kappa shape index (κ2) is 11.2. The highest BCUT2D eigenvalue weighted by Crippen LogP contribution is 2.26. The maximum absolute atomic E-state index is 14.2. The molecule has 2 aromatic heterocycles. The number of aryl methyl sites for hydroxylation is 1. The molecule has 4 aromatic rings. The summed E-state index contributed by atoms with van der Waals surface area (Å²) in [5.74, 6) is 0.318. The average molecular weight is 479 g/mol. The zero-order valence-corrected chi connectivity index (χ0v) is 19.8. The standard InChI is InChI=1S/C26H27FN4O2S/c1-2-3-18-14-19(4-5-21(18)26(33)29-9-10-32)23-15-24(31-16-30-23)28-8-6-17-12-20-7-11-34-25(20)22(27)13-17/h4-5,7,11-16,32H,2-3,6,8-10H2,1H3,(H,29,33)(H,28,30,31). The number of aliphatic hydroxyl groups is 1. The van der Waals surface area contributed by atoms with E-state index < -0.39 is 0 Å². The Balaban J connectivity index is 1.46. The van der Waals surface area contributed by atoms with Crippen LogP contribution >= 0.6 is 11.3 Å². The number of benzene rings is 2. The van der Waals surface area contributed by atoms with Crippen LogP contribution in [0.2, 0.25) is 0 Å². The van der Waals surface area contributed by atoms with E-state index in [2.05, 4.69) is 27.5 Å². The van der Waals surface area contributed by atoms with Crippen LogP contribution in [-0.4, -0.2) is 40.7 Å². The average Bonchev–Trinajstić information content (AvgIpc) is 3.32. The van der Waals surface area contributed by atoms with Gasteiger partial charge in [0.15, 0.2) is 0 Å². The van der Waals surface area contributed by atoms with Crippen LogP contribution in [-0.2, 0) is 12.8 Å². The molecule has 176 valence electrons. The van der Waals surface area contributed by atoms with Crippen LogP contribution < -0.4 is 10.6 Å². The molecule has 0 aliphatic rings. The van der Waals surface area contributed by atoms with E-state index in [1.165, 1.54) is 17.7 Å². The quantitative estimate of drug-likeness (QED) is 0.304. The summed E-state index contributed by atoms with van der Waals surface area (Å²) in [5, 5.41) is 17.8. The van der Waals surface area contributed by atoms with E-state index in [-0.39, 0.29) is 24.9 Å². The number of anilines is 1. The van der Waals surface area contributed by atoms with Crippen molar-refractivity contribution >= 4 is 33.1 Å². The molecule has 0 fully saturated rings. The first-order valence-electron chi connectivity index (χ1n) is 11.3. The van der Waals surface area contributed by atoms with E-state index in [9.17, 15) is 9.18 Å². The van der Waals surface area contributed by atoms with Gasteiger partial charge in [-0.1, -0.05) is 25.5 Å². The van der Waals surface area contributed by atoms with Crippen LogP contribution in [0.5, 0.6) is 0 Å². The predicted octanol–water partition coefficient (Wildman–Crippen LogP) is 4.83. The van der Waals surface area contributed by atoms with Gasteiger partial charge < -0.3 is 15.7 Å². The highest BCUT2D eigenvalue weighted by molar-refractivity contribution is 7.17. The molecule has 0 aliphatic heterocycles. The summed E-state index contributed by atoms with van der Waals surface area (Å²) in [6.45, 7) is 2.80. The third-order valence-corrected chi connectivity index (χ3v) is 6.45. The Hall–Kier alpha value is -3.36. The SMILES string of the molecule is CCCc1cc(-c2cc(NCCc3cc(F)c4sccc4c3)ncn2)ccc1C(=O)NCCO. The number of carbonyl (C=O) groups is 1. The lowest BCUT2D eigenvalue weighted by Gasteiger charge is -2.12. The highest BCUT2D eigenvalue weighted by atomic mass is 32.1. The van der Waals surface area contributed by atoms with Gasteiger partial charge in [-0.2, -0.15) is 0 Å². The lowest BCUT2D eigenvalue weighted by Crippen LogP contribution is -2.27. The molecule has 0 spiro atoms. The van der Waals surface area contributed by atoms with E-state index >= 15 is 0 Å². The van der Waals surface area contributed by atoms with Crippen molar-refractivity contribution in [2.75, 3.05) is 25.0 Å². The van der Waals surface area contributed by atoms with Crippen molar-refractivity contribution in [3.63, 3.8) is 0 Å². The summed E-state index contributed by atoms with van der Waals surface area (Å²) < 4.78 is 14.9. The first-order chi connectivity index (χ1) is 16.6. The van der Waals surface area contributed by atoms with Crippen molar-refractivity contribution in [3.8, 4) is 11.3 Å². The fourth-order valence-corrected chi connectivity index (χ4v) is 4.69. The van der Waals surface area contributed by atoms with Crippen LogP contribution in [0.25, 0.3) is 21.3 Å². The zero-order valence-electron chi connectivity index (χ0n) is 19.0. The molecule has 1 amide bonds. The minimum Gasteiger partial charge on any atom is -0.395 e. The Morgan fingerprint density at radius 2 is 1.97 bits per heavy atom. The number of carbonyl (C=O) groups excluding carboxylic acids is 1. The molecule has 0 saturated heterocycles. The van der Waals surface area contributed by atoms with Gasteiger partial charge in [-0.25, -0.2) is 14.4 Å². The largest absolute Gasteiger partial charge is 0.395 e. The number of rotatable bonds is 10. The molecule has 4 rings (SSSR count). The second-order valence-corrected chi connectivity index (χ2v) is 8.90. The van der Waals surface area contributed by atoms with Gasteiger partial charge in [0.2, 0.25) is 0 Å². The molecule has 3 N–H and O–H groups in total. The van der Waals surface area contributed by atoms with E-state index in [0.717, 1.165) is 40.6 Å². The van der Waals surface area contributed by atoms with Crippen LogP contribution in [0.4, 0.5) is 10.2 Å². The number of hydrogen-bond acceptors (Lipinski definition) is 6. The van der Waals surface area contributed by atoms with Crippen LogP contribution in [0, 0.1) is 5.82 Å². The van der Waals surface area contributed by atoms with E-state index in [4.69, 9.17) is 5.11 Å². The Bertz CT molecular complexity index is 1290. The van der Waals surface area contributed by atoms with Crippen molar-refractivity contribution < 1.29 is 14.3 Å². The number of fused-ring (bicyclic) bond motifs is 1. The maximum atomic E-state index is 14.2. The van der Waals surface area contributed by atoms with Gasteiger partial charge in [0.25, 0.3) is 5.91 Å². The minimum atomic E-state index is -0.189. The molecular formula is C26H27FN4O2S. The van der Waals surface area contributed by atoms with Gasteiger partial charge in [-0.05, 0) is 59.0 Å². The van der Waals surface area contributed by atoms with Gasteiger partial charge in [0.1, 0.15) is 18.0 Å². The molecule has 0 atom stereocenters. The minimum absolute atomic E-state index is 0.0961. The fourth-order valence-electron chi connectivity index (χ4n) is 3.90. The molecule has 2 heterocycles.